The number of ether oxygens (including phenoxy) is 1. The molecule has 3 heteroatoms. The van der Waals surface area contributed by atoms with Crippen molar-refractivity contribution in [3.05, 3.63) is 0 Å². The molecule has 1 aliphatic heterocycles. The number of nitrogens with zero attached hydrogens (tertiary/aromatic N) is 1. The van der Waals surface area contributed by atoms with E-state index in [-0.39, 0.29) is 18.2 Å². The van der Waals surface area contributed by atoms with Crippen molar-refractivity contribution >= 4 is 5.91 Å². The molecule has 0 aromatic carbocycles. The summed E-state index contributed by atoms with van der Waals surface area (Å²) in [5.41, 5.74) is 0. The van der Waals surface area contributed by atoms with Gasteiger partial charge in [0.1, 0.15) is 6.23 Å². The van der Waals surface area contributed by atoms with Crippen LogP contribution in [0.4, 0.5) is 0 Å². The first-order chi connectivity index (χ1) is 5.16. The summed E-state index contributed by atoms with van der Waals surface area (Å²) in [6.07, 6.45) is 1.49. The SMILES string of the molecule is CO[C@H]1CCC(=O)N1C(C)C. The number of carbonyl (C=O) groups excluding carboxylic acids is 1. The van der Waals surface area contributed by atoms with Crippen LogP contribution in [0.2, 0.25) is 0 Å². The van der Waals surface area contributed by atoms with Crippen LogP contribution in [-0.4, -0.2) is 30.2 Å². The van der Waals surface area contributed by atoms with E-state index in [1.807, 2.05) is 13.8 Å². The molecular weight excluding hydrogens is 142 g/mol. The van der Waals surface area contributed by atoms with Gasteiger partial charge in [-0.1, -0.05) is 0 Å². The van der Waals surface area contributed by atoms with Crippen LogP contribution in [-0.2, 0) is 9.53 Å². The minimum absolute atomic E-state index is 0.0162. The van der Waals surface area contributed by atoms with Gasteiger partial charge in [-0.25, -0.2) is 0 Å². The van der Waals surface area contributed by atoms with Crippen LogP contribution in [0.1, 0.15) is 26.7 Å². The normalized spacial score (nSPS) is 25.3. The predicted octanol–water partition coefficient (Wildman–Crippen LogP) is 0.990. The summed E-state index contributed by atoms with van der Waals surface area (Å²) in [7, 11) is 1.65. The summed E-state index contributed by atoms with van der Waals surface area (Å²) < 4.78 is 5.16. The lowest BCUT2D eigenvalue weighted by molar-refractivity contribution is -0.137. The van der Waals surface area contributed by atoms with E-state index < -0.39 is 0 Å². The van der Waals surface area contributed by atoms with Gasteiger partial charge < -0.3 is 9.64 Å². The van der Waals surface area contributed by atoms with Gasteiger partial charge in [-0.3, -0.25) is 4.79 Å². The third-order valence-electron chi connectivity index (χ3n) is 2.03. The third kappa shape index (κ3) is 1.53. The highest BCUT2D eigenvalue weighted by molar-refractivity contribution is 5.78. The van der Waals surface area contributed by atoms with Crippen LogP contribution in [0.5, 0.6) is 0 Å². The van der Waals surface area contributed by atoms with Gasteiger partial charge >= 0.3 is 0 Å². The standard InChI is InChI=1S/C8H15NO2/c1-6(2)9-7(10)4-5-8(9)11-3/h6,8H,4-5H2,1-3H3/t8-/m0/s1. The van der Waals surface area contributed by atoms with Crippen molar-refractivity contribution in [3.63, 3.8) is 0 Å². The van der Waals surface area contributed by atoms with Crippen molar-refractivity contribution in [3.8, 4) is 0 Å². The highest BCUT2D eigenvalue weighted by Gasteiger charge is 2.32. The topological polar surface area (TPSA) is 29.5 Å². The van der Waals surface area contributed by atoms with Gasteiger partial charge in [-0.05, 0) is 13.8 Å². The fourth-order valence-electron chi connectivity index (χ4n) is 1.53. The molecule has 0 aromatic heterocycles. The Hall–Kier alpha value is -0.570. The molecule has 1 amide bonds. The molecule has 1 heterocycles. The van der Waals surface area contributed by atoms with E-state index in [0.29, 0.717) is 6.42 Å². The fraction of sp³-hybridized carbons (Fsp3) is 0.875. The van der Waals surface area contributed by atoms with Crippen LogP contribution in [0.25, 0.3) is 0 Å². The average molecular weight is 157 g/mol. The van der Waals surface area contributed by atoms with Gasteiger partial charge in [0, 0.05) is 26.0 Å². The Morgan fingerprint density at radius 1 is 1.64 bits per heavy atom. The van der Waals surface area contributed by atoms with E-state index in [2.05, 4.69) is 0 Å². The van der Waals surface area contributed by atoms with Crippen LogP contribution >= 0.6 is 0 Å². The molecule has 0 radical (unpaired) electrons. The van der Waals surface area contributed by atoms with Gasteiger partial charge in [0.05, 0.1) is 0 Å². The van der Waals surface area contributed by atoms with Gasteiger partial charge in [-0.15, -0.1) is 0 Å². The molecule has 1 aliphatic rings. The second-order valence-corrected chi connectivity index (χ2v) is 3.12. The number of carbonyl (C=O) groups is 1. The molecule has 1 rings (SSSR count). The summed E-state index contributed by atoms with van der Waals surface area (Å²) in [5.74, 6) is 0.215. The zero-order valence-electron chi connectivity index (χ0n) is 7.33. The fourth-order valence-corrected chi connectivity index (χ4v) is 1.53. The van der Waals surface area contributed by atoms with Crippen LogP contribution in [0.15, 0.2) is 0 Å². The Balaban J connectivity index is 2.63. The molecule has 0 aromatic rings. The minimum atomic E-state index is 0.0162. The first kappa shape index (κ1) is 8.53. The summed E-state index contributed by atoms with van der Waals surface area (Å²) in [5, 5.41) is 0. The lowest BCUT2D eigenvalue weighted by atomic mass is 10.3. The summed E-state index contributed by atoms with van der Waals surface area (Å²) in [6, 6.07) is 0.259. The number of hydrogen-bond donors (Lipinski definition) is 0. The zero-order valence-corrected chi connectivity index (χ0v) is 7.33. The molecular formula is C8H15NO2. The molecule has 3 nitrogen and oxygen atoms in total. The number of methoxy groups -OCH3 is 1. The van der Waals surface area contributed by atoms with Gasteiger partial charge in [0.15, 0.2) is 0 Å². The molecule has 0 bridgehead atoms. The highest BCUT2D eigenvalue weighted by atomic mass is 16.5. The third-order valence-corrected chi connectivity index (χ3v) is 2.03. The number of rotatable bonds is 2. The lowest BCUT2D eigenvalue weighted by Crippen LogP contribution is -2.39. The summed E-state index contributed by atoms with van der Waals surface area (Å²) in [4.78, 5) is 13.0. The molecule has 0 N–H and O–H groups in total. The molecule has 64 valence electrons. The number of hydrogen-bond acceptors (Lipinski definition) is 2. The van der Waals surface area contributed by atoms with Crippen molar-refractivity contribution in [2.75, 3.05) is 7.11 Å². The molecule has 0 spiro atoms. The van der Waals surface area contributed by atoms with Crippen molar-refractivity contribution in [1.29, 1.82) is 0 Å². The van der Waals surface area contributed by atoms with Crippen molar-refractivity contribution in [2.24, 2.45) is 0 Å². The smallest absolute Gasteiger partial charge is 0.225 e. The Labute approximate surface area is 67.3 Å². The van der Waals surface area contributed by atoms with Crippen LogP contribution < -0.4 is 0 Å². The van der Waals surface area contributed by atoms with E-state index in [1.54, 1.807) is 12.0 Å². The first-order valence-corrected chi connectivity index (χ1v) is 4.00. The minimum Gasteiger partial charge on any atom is -0.362 e. The largest absolute Gasteiger partial charge is 0.362 e. The van der Waals surface area contributed by atoms with E-state index in [9.17, 15) is 4.79 Å². The molecule has 1 fully saturated rings. The molecule has 0 unspecified atom stereocenters. The maximum atomic E-state index is 11.2. The Morgan fingerprint density at radius 2 is 2.27 bits per heavy atom. The van der Waals surface area contributed by atoms with E-state index >= 15 is 0 Å². The van der Waals surface area contributed by atoms with E-state index in [4.69, 9.17) is 4.74 Å². The quantitative estimate of drug-likeness (QED) is 0.598. The maximum Gasteiger partial charge on any atom is 0.225 e. The maximum absolute atomic E-state index is 11.2. The molecule has 1 atom stereocenters. The Kier molecular flexibility index (Phi) is 2.49. The zero-order chi connectivity index (χ0) is 8.43. The Bertz CT molecular complexity index is 156. The van der Waals surface area contributed by atoms with Gasteiger partial charge in [0.2, 0.25) is 5.91 Å². The molecule has 11 heavy (non-hydrogen) atoms. The lowest BCUT2D eigenvalue weighted by Gasteiger charge is -2.27. The van der Waals surface area contributed by atoms with E-state index in [0.717, 1.165) is 6.42 Å². The first-order valence-electron chi connectivity index (χ1n) is 4.00. The Morgan fingerprint density at radius 3 is 2.64 bits per heavy atom. The summed E-state index contributed by atoms with van der Waals surface area (Å²) in [6.45, 7) is 4.02. The van der Waals surface area contributed by atoms with Crippen molar-refractivity contribution < 1.29 is 9.53 Å². The van der Waals surface area contributed by atoms with E-state index in [1.165, 1.54) is 0 Å². The monoisotopic (exact) mass is 157 g/mol. The van der Waals surface area contributed by atoms with Crippen molar-refractivity contribution in [1.82, 2.24) is 4.90 Å². The predicted molar refractivity (Wildman–Crippen MR) is 42.0 cm³/mol. The molecule has 1 saturated heterocycles. The number of likely N-dealkylation sites (tertiary alicyclic amines) is 1. The van der Waals surface area contributed by atoms with Gasteiger partial charge in [-0.2, -0.15) is 0 Å². The van der Waals surface area contributed by atoms with Crippen molar-refractivity contribution in [2.45, 2.75) is 39.0 Å². The second kappa shape index (κ2) is 3.22. The average Bonchev–Trinajstić information content (AvgIpc) is 2.30. The summed E-state index contributed by atoms with van der Waals surface area (Å²) >= 11 is 0. The highest BCUT2D eigenvalue weighted by Crippen LogP contribution is 2.21. The molecule has 0 saturated carbocycles. The van der Waals surface area contributed by atoms with Crippen LogP contribution in [0, 0.1) is 0 Å². The van der Waals surface area contributed by atoms with Crippen LogP contribution in [0.3, 0.4) is 0 Å². The second-order valence-electron chi connectivity index (χ2n) is 3.12. The van der Waals surface area contributed by atoms with Gasteiger partial charge in [0.25, 0.3) is 0 Å². The molecule has 0 aliphatic carbocycles. The number of amides is 1.